The second-order valence-electron chi connectivity index (χ2n) is 6.97. The Morgan fingerprint density at radius 3 is 2.55 bits per heavy atom. The zero-order valence-electron chi connectivity index (χ0n) is 17.7. The van der Waals surface area contributed by atoms with Gasteiger partial charge in [0.05, 0.1) is 19.6 Å². The highest BCUT2D eigenvalue weighted by molar-refractivity contribution is 5.85. The first-order valence-corrected chi connectivity index (χ1v) is 10.1. The molecule has 0 aliphatic heterocycles. The number of hydrogen-bond acceptors (Lipinski definition) is 4. The van der Waals surface area contributed by atoms with Crippen molar-refractivity contribution in [2.45, 2.75) is 26.3 Å². The number of hydrogen-bond donors (Lipinski definition) is 1. The average Bonchev–Trinajstić information content (AvgIpc) is 3.13. The number of nitrogens with one attached hydrogen (secondary N) is 1. The minimum atomic E-state index is -4.74. The van der Waals surface area contributed by atoms with Gasteiger partial charge in [-0.3, -0.25) is 9.59 Å². The number of nitrogens with zero attached hydrogens (tertiary/aromatic N) is 1. The topological polar surface area (TPSA) is 69.6 Å². The molecule has 172 valence electrons. The lowest BCUT2D eigenvalue weighted by molar-refractivity contribution is -0.274. The summed E-state index contributed by atoms with van der Waals surface area (Å²) in [7, 11) is 0. The highest BCUT2D eigenvalue weighted by Crippen LogP contribution is 2.22. The van der Waals surface area contributed by atoms with Gasteiger partial charge in [-0.2, -0.15) is 0 Å². The van der Waals surface area contributed by atoms with E-state index in [1.165, 1.54) is 24.3 Å². The predicted octanol–water partition coefficient (Wildman–Crippen LogP) is 3.81. The van der Waals surface area contributed by atoms with Gasteiger partial charge in [0.2, 0.25) is 5.91 Å². The number of esters is 1. The van der Waals surface area contributed by atoms with Crippen LogP contribution in [0.15, 0.2) is 54.7 Å². The van der Waals surface area contributed by atoms with Gasteiger partial charge >= 0.3 is 12.3 Å². The number of rotatable bonds is 7. The maximum absolute atomic E-state index is 12.2. The van der Waals surface area contributed by atoms with E-state index in [0.717, 1.165) is 16.5 Å². The molecular formula is C24H21F3N2O4. The van der Waals surface area contributed by atoms with E-state index in [1.54, 1.807) is 17.7 Å². The van der Waals surface area contributed by atoms with Crippen LogP contribution in [0, 0.1) is 11.8 Å². The van der Waals surface area contributed by atoms with Gasteiger partial charge in [-0.25, -0.2) is 0 Å². The molecule has 0 spiro atoms. The van der Waals surface area contributed by atoms with Crippen molar-refractivity contribution in [3.8, 4) is 17.6 Å². The van der Waals surface area contributed by atoms with Gasteiger partial charge in [0, 0.05) is 17.3 Å². The minimum Gasteiger partial charge on any atom is -0.465 e. The zero-order valence-corrected chi connectivity index (χ0v) is 17.7. The summed E-state index contributed by atoms with van der Waals surface area (Å²) in [5.41, 5.74) is 2.09. The largest absolute Gasteiger partial charge is 0.573 e. The number of ether oxygens (including phenoxy) is 2. The first kappa shape index (κ1) is 23.7. The molecule has 33 heavy (non-hydrogen) atoms. The molecule has 1 amide bonds. The number of halogens is 3. The lowest BCUT2D eigenvalue weighted by atomic mass is 10.1. The van der Waals surface area contributed by atoms with Crippen LogP contribution >= 0.6 is 0 Å². The maximum Gasteiger partial charge on any atom is 0.573 e. The third-order valence-electron chi connectivity index (χ3n) is 4.50. The number of carbonyl (C=O) groups is 2. The fourth-order valence-electron chi connectivity index (χ4n) is 3.10. The lowest BCUT2D eigenvalue weighted by Crippen LogP contribution is -2.25. The van der Waals surface area contributed by atoms with Gasteiger partial charge in [0.1, 0.15) is 12.3 Å². The Morgan fingerprint density at radius 2 is 1.85 bits per heavy atom. The molecule has 0 saturated heterocycles. The van der Waals surface area contributed by atoms with E-state index in [1.807, 2.05) is 24.3 Å². The van der Waals surface area contributed by atoms with Crippen molar-refractivity contribution in [3.63, 3.8) is 0 Å². The summed E-state index contributed by atoms with van der Waals surface area (Å²) in [6, 6.07) is 12.6. The van der Waals surface area contributed by atoms with Crippen molar-refractivity contribution in [1.29, 1.82) is 0 Å². The highest BCUT2D eigenvalue weighted by Gasteiger charge is 2.30. The molecule has 0 aliphatic carbocycles. The number of alkyl halides is 3. The zero-order chi connectivity index (χ0) is 23.8. The normalized spacial score (nSPS) is 10.9. The molecule has 1 heterocycles. The van der Waals surface area contributed by atoms with Gasteiger partial charge in [-0.15, -0.1) is 13.2 Å². The van der Waals surface area contributed by atoms with E-state index in [-0.39, 0.29) is 37.1 Å². The van der Waals surface area contributed by atoms with Crippen LogP contribution in [0.25, 0.3) is 10.9 Å². The fraction of sp³-hybridized carbons (Fsp3) is 0.250. The van der Waals surface area contributed by atoms with Crippen LogP contribution in [-0.2, 0) is 27.3 Å². The smallest absolute Gasteiger partial charge is 0.465 e. The molecule has 0 fully saturated rings. The Kier molecular flexibility index (Phi) is 7.61. The van der Waals surface area contributed by atoms with Crippen LogP contribution in [0.4, 0.5) is 13.2 Å². The second-order valence-corrected chi connectivity index (χ2v) is 6.97. The van der Waals surface area contributed by atoms with Crippen LogP contribution in [0.1, 0.15) is 18.1 Å². The molecule has 6 nitrogen and oxygen atoms in total. The summed E-state index contributed by atoms with van der Waals surface area (Å²) in [4.78, 5) is 24.0. The van der Waals surface area contributed by atoms with E-state index in [0.29, 0.717) is 12.2 Å². The minimum absolute atomic E-state index is 0.0844. The summed E-state index contributed by atoms with van der Waals surface area (Å²) in [6.45, 7) is 2.23. The Morgan fingerprint density at radius 1 is 1.09 bits per heavy atom. The van der Waals surface area contributed by atoms with Gasteiger partial charge in [0.25, 0.3) is 0 Å². The molecular weight excluding hydrogens is 437 g/mol. The Balaban J connectivity index is 1.53. The molecule has 0 radical (unpaired) electrons. The lowest BCUT2D eigenvalue weighted by Gasteiger charge is -2.08. The SMILES string of the molecule is CCOC(=O)Cn1ccc2ccc(CC(=O)NCC#Cc3ccc(OC(F)(F)F)cc3)cc21. The summed E-state index contributed by atoms with van der Waals surface area (Å²) in [6.07, 6.45) is -2.82. The van der Waals surface area contributed by atoms with E-state index in [2.05, 4.69) is 21.9 Å². The number of aromatic nitrogens is 1. The van der Waals surface area contributed by atoms with E-state index in [9.17, 15) is 22.8 Å². The standard InChI is InChI=1S/C24H21F3N2O4/c1-2-32-23(31)16-29-13-11-19-8-5-18(14-21(19)29)15-22(30)28-12-3-4-17-6-9-20(10-7-17)33-24(25,26)27/h5-11,13-14H,2,12,15-16H2,1H3,(H,28,30). The summed E-state index contributed by atoms with van der Waals surface area (Å²) in [5.74, 6) is 4.62. The molecule has 3 rings (SSSR count). The molecule has 1 N–H and O–H groups in total. The molecule has 1 aromatic heterocycles. The van der Waals surface area contributed by atoms with Gasteiger partial charge in [-0.05, 0) is 54.3 Å². The molecule has 3 aromatic rings. The Labute approximate surface area is 188 Å². The van der Waals surface area contributed by atoms with Crippen LogP contribution in [0.2, 0.25) is 0 Å². The summed E-state index contributed by atoms with van der Waals surface area (Å²) < 4.78 is 47.1. The average molecular weight is 458 g/mol. The molecule has 9 heteroatoms. The van der Waals surface area contributed by atoms with Gasteiger partial charge in [0.15, 0.2) is 0 Å². The molecule has 0 unspecified atom stereocenters. The van der Waals surface area contributed by atoms with E-state index in [4.69, 9.17) is 4.74 Å². The monoisotopic (exact) mass is 458 g/mol. The van der Waals surface area contributed by atoms with Gasteiger partial charge in [-0.1, -0.05) is 24.0 Å². The Hall–Kier alpha value is -3.93. The van der Waals surface area contributed by atoms with Crippen molar-refractivity contribution in [3.05, 3.63) is 65.9 Å². The van der Waals surface area contributed by atoms with Crippen LogP contribution < -0.4 is 10.1 Å². The van der Waals surface area contributed by atoms with Crippen molar-refractivity contribution in [2.75, 3.05) is 13.2 Å². The second kappa shape index (κ2) is 10.6. The van der Waals surface area contributed by atoms with Gasteiger partial charge < -0.3 is 19.4 Å². The number of carbonyl (C=O) groups excluding carboxylic acids is 2. The molecule has 0 saturated carbocycles. The summed E-state index contributed by atoms with van der Waals surface area (Å²) >= 11 is 0. The van der Waals surface area contributed by atoms with Crippen molar-refractivity contribution in [1.82, 2.24) is 9.88 Å². The number of amides is 1. The molecule has 0 bridgehead atoms. The third kappa shape index (κ3) is 7.31. The van der Waals surface area contributed by atoms with E-state index >= 15 is 0 Å². The van der Waals surface area contributed by atoms with Crippen molar-refractivity contribution >= 4 is 22.8 Å². The molecule has 0 aliphatic rings. The number of fused-ring (bicyclic) bond motifs is 1. The third-order valence-corrected chi connectivity index (χ3v) is 4.50. The fourth-order valence-corrected chi connectivity index (χ4v) is 3.10. The van der Waals surface area contributed by atoms with Crippen molar-refractivity contribution in [2.24, 2.45) is 0 Å². The Bertz CT molecular complexity index is 1190. The van der Waals surface area contributed by atoms with Crippen LogP contribution in [-0.4, -0.2) is 36.0 Å². The predicted molar refractivity (Wildman–Crippen MR) is 115 cm³/mol. The van der Waals surface area contributed by atoms with Crippen LogP contribution in [0.3, 0.4) is 0 Å². The quantitative estimate of drug-likeness (QED) is 0.432. The van der Waals surface area contributed by atoms with E-state index < -0.39 is 6.36 Å². The maximum atomic E-state index is 12.2. The molecule has 0 atom stereocenters. The molecule has 2 aromatic carbocycles. The van der Waals surface area contributed by atoms with Crippen molar-refractivity contribution < 1.29 is 32.2 Å². The summed E-state index contributed by atoms with van der Waals surface area (Å²) in [5, 5.41) is 3.63. The first-order chi connectivity index (χ1) is 15.7. The van der Waals surface area contributed by atoms with Crippen LogP contribution in [0.5, 0.6) is 5.75 Å². The number of benzene rings is 2. The first-order valence-electron chi connectivity index (χ1n) is 10.1. The highest BCUT2D eigenvalue weighted by atomic mass is 19.4.